The van der Waals surface area contributed by atoms with Gasteiger partial charge in [0.15, 0.2) is 5.75 Å². The summed E-state index contributed by atoms with van der Waals surface area (Å²) in [6.45, 7) is 0. The molecule has 0 amide bonds. The number of rotatable bonds is 4. The highest BCUT2D eigenvalue weighted by Crippen LogP contribution is 2.17. The fraction of sp³-hybridized carbons (Fsp3) is 0. The van der Waals surface area contributed by atoms with E-state index in [1.54, 1.807) is 30.3 Å². The van der Waals surface area contributed by atoms with E-state index in [0.29, 0.717) is 5.69 Å². The summed E-state index contributed by atoms with van der Waals surface area (Å²) in [6.07, 6.45) is 0. The third kappa shape index (κ3) is 2.99. The number of nitrogen functional groups attached to an aromatic ring is 1. The summed E-state index contributed by atoms with van der Waals surface area (Å²) in [5, 5.41) is 0. The van der Waals surface area contributed by atoms with Crippen LogP contribution < -0.4 is 10.6 Å². The Hall–Kier alpha value is -2.05. The van der Waals surface area contributed by atoms with Gasteiger partial charge in [-0.2, -0.15) is 8.42 Å². The Kier molecular flexibility index (Phi) is 3.50. The van der Waals surface area contributed by atoms with Crippen LogP contribution in [-0.2, 0) is 14.5 Å². The average Bonchev–Trinajstić information content (AvgIpc) is 2.39. The minimum atomic E-state index is -3.92. The zero-order valence-electron chi connectivity index (χ0n) is 9.31. The molecule has 0 bridgehead atoms. The van der Waals surface area contributed by atoms with Crippen LogP contribution in [0.1, 0.15) is 0 Å². The molecule has 0 fully saturated rings. The Bertz CT molecular complexity index is 608. The first-order valence-electron chi connectivity index (χ1n) is 5.10. The molecule has 5 nitrogen and oxygen atoms in total. The third-order valence-corrected chi connectivity index (χ3v) is 3.23. The van der Waals surface area contributed by atoms with Crippen molar-refractivity contribution in [2.75, 3.05) is 5.73 Å². The van der Waals surface area contributed by atoms with E-state index in [9.17, 15) is 8.42 Å². The van der Waals surface area contributed by atoms with Crippen LogP contribution in [0, 0.1) is 0 Å². The summed E-state index contributed by atoms with van der Waals surface area (Å²) in [7, 11) is -3.92. The van der Waals surface area contributed by atoms with E-state index in [-0.39, 0.29) is 10.6 Å². The lowest BCUT2D eigenvalue weighted by molar-refractivity contribution is -0.0925. The Morgan fingerprint density at radius 2 is 1.50 bits per heavy atom. The number of anilines is 1. The Balaban J connectivity index is 2.08. The maximum Gasteiger partial charge on any atom is 0.332 e. The maximum atomic E-state index is 11.7. The molecule has 0 aliphatic carbocycles. The Labute approximate surface area is 105 Å². The summed E-state index contributed by atoms with van der Waals surface area (Å²) in [4.78, 5) is 4.76. The number of nitrogens with two attached hydrogens (primary N) is 1. The lowest BCUT2D eigenvalue weighted by atomic mass is 10.3. The molecular weight excluding hydrogens is 254 g/mol. The molecule has 0 saturated heterocycles. The van der Waals surface area contributed by atoms with Gasteiger partial charge in [0, 0.05) is 5.69 Å². The van der Waals surface area contributed by atoms with Crippen LogP contribution in [0.15, 0.2) is 59.5 Å². The van der Waals surface area contributed by atoms with Gasteiger partial charge in [-0.1, -0.05) is 22.5 Å². The molecule has 6 heteroatoms. The van der Waals surface area contributed by atoms with Gasteiger partial charge in [-0.25, -0.2) is 0 Å². The van der Waals surface area contributed by atoms with Gasteiger partial charge in [0.1, 0.15) is 0 Å². The van der Waals surface area contributed by atoms with Crippen molar-refractivity contribution in [2.45, 2.75) is 4.90 Å². The van der Waals surface area contributed by atoms with Crippen molar-refractivity contribution in [3.63, 3.8) is 0 Å². The van der Waals surface area contributed by atoms with E-state index in [4.69, 9.17) is 10.6 Å². The van der Waals surface area contributed by atoms with E-state index >= 15 is 0 Å². The van der Waals surface area contributed by atoms with Gasteiger partial charge < -0.3 is 10.6 Å². The van der Waals surface area contributed by atoms with Crippen LogP contribution in [0.2, 0.25) is 0 Å². The van der Waals surface area contributed by atoms with Crippen molar-refractivity contribution in [3.05, 3.63) is 54.6 Å². The van der Waals surface area contributed by atoms with Crippen LogP contribution in [0.4, 0.5) is 5.69 Å². The summed E-state index contributed by atoms with van der Waals surface area (Å²) < 4.78 is 27.9. The lowest BCUT2D eigenvalue weighted by Crippen LogP contribution is -2.09. The van der Waals surface area contributed by atoms with E-state index in [0.717, 1.165) is 0 Å². The van der Waals surface area contributed by atoms with Gasteiger partial charge in [-0.05, 0) is 36.4 Å². The first kappa shape index (κ1) is 12.4. The molecule has 18 heavy (non-hydrogen) atoms. The Morgan fingerprint density at radius 1 is 0.889 bits per heavy atom. The fourth-order valence-corrected chi connectivity index (χ4v) is 1.97. The highest BCUT2D eigenvalue weighted by molar-refractivity contribution is 7.86. The molecule has 0 aromatic heterocycles. The molecule has 94 valence electrons. The predicted molar refractivity (Wildman–Crippen MR) is 66.2 cm³/mol. The first-order valence-corrected chi connectivity index (χ1v) is 6.50. The van der Waals surface area contributed by atoms with E-state index in [1.165, 1.54) is 24.3 Å². The molecule has 2 N–H and O–H groups in total. The van der Waals surface area contributed by atoms with Gasteiger partial charge in [0.2, 0.25) is 0 Å². The molecule has 0 atom stereocenters. The molecule has 0 heterocycles. The van der Waals surface area contributed by atoms with Crippen molar-refractivity contribution in [1.29, 1.82) is 0 Å². The number of benzene rings is 2. The van der Waals surface area contributed by atoms with Gasteiger partial charge in [0.25, 0.3) is 0 Å². The standard InChI is InChI=1S/C12H11NO4S/c13-10-6-8-11(9-7-10)16-17-18(14,15)12-4-2-1-3-5-12/h1-9H,13H2. The molecule has 0 aliphatic heterocycles. The minimum Gasteiger partial charge on any atom is -0.399 e. The van der Waals surface area contributed by atoms with Crippen LogP contribution in [-0.4, -0.2) is 8.42 Å². The highest BCUT2D eigenvalue weighted by atomic mass is 32.2. The van der Waals surface area contributed by atoms with E-state index in [2.05, 4.69) is 4.33 Å². The van der Waals surface area contributed by atoms with Gasteiger partial charge in [-0.3, -0.25) is 0 Å². The minimum absolute atomic E-state index is 0.0282. The molecule has 0 unspecified atom stereocenters. The predicted octanol–water partition coefficient (Wildman–Crippen LogP) is 1.97. The first-order chi connectivity index (χ1) is 8.58. The van der Waals surface area contributed by atoms with Gasteiger partial charge >= 0.3 is 10.1 Å². The van der Waals surface area contributed by atoms with Crippen molar-refractivity contribution in [1.82, 2.24) is 0 Å². The highest BCUT2D eigenvalue weighted by Gasteiger charge is 2.16. The second-order valence-electron chi connectivity index (χ2n) is 3.49. The van der Waals surface area contributed by atoms with Gasteiger partial charge in [-0.15, -0.1) is 0 Å². The van der Waals surface area contributed by atoms with Gasteiger partial charge in [0.05, 0.1) is 4.90 Å². The molecule has 0 spiro atoms. The van der Waals surface area contributed by atoms with Crippen molar-refractivity contribution in [2.24, 2.45) is 0 Å². The normalized spacial score (nSPS) is 11.1. The quantitative estimate of drug-likeness (QED) is 0.519. The largest absolute Gasteiger partial charge is 0.399 e. The van der Waals surface area contributed by atoms with Crippen molar-refractivity contribution >= 4 is 15.8 Å². The Morgan fingerprint density at radius 3 is 2.11 bits per heavy atom. The average molecular weight is 265 g/mol. The fourth-order valence-electron chi connectivity index (χ4n) is 1.23. The molecule has 0 aliphatic rings. The molecular formula is C12H11NO4S. The number of hydrogen-bond acceptors (Lipinski definition) is 5. The smallest absolute Gasteiger partial charge is 0.332 e. The third-order valence-electron chi connectivity index (χ3n) is 2.13. The summed E-state index contributed by atoms with van der Waals surface area (Å²) >= 11 is 0. The second-order valence-corrected chi connectivity index (χ2v) is 5.00. The molecule has 0 saturated carbocycles. The second kappa shape index (κ2) is 5.07. The van der Waals surface area contributed by atoms with Crippen LogP contribution in [0.25, 0.3) is 0 Å². The SMILES string of the molecule is Nc1ccc(OOS(=O)(=O)c2ccccc2)cc1. The van der Waals surface area contributed by atoms with Crippen molar-refractivity contribution < 1.29 is 17.6 Å². The summed E-state index contributed by atoms with van der Waals surface area (Å²) in [5.41, 5.74) is 6.03. The maximum absolute atomic E-state index is 11.7. The van der Waals surface area contributed by atoms with E-state index in [1.807, 2.05) is 0 Å². The molecule has 2 rings (SSSR count). The molecule has 0 radical (unpaired) electrons. The zero-order valence-corrected chi connectivity index (χ0v) is 10.1. The zero-order chi connectivity index (χ0) is 13.0. The topological polar surface area (TPSA) is 78.6 Å². The lowest BCUT2D eigenvalue weighted by Gasteiger charge is -2.05. The van der Waals surface area contributed by atoms with Crippen LogP contribution in [0.3, 0.4) is 0 Å². The van der Waals surface area contributed by atoms with Crippen LogP contribution >= 0.6 is 0 Å². The molecule has 2 aromatic carbocycles. The van der Waals surface area contributed by atoms with Crippen molar-refractivity contribution in [3.8, 4) is 5.75 Å². The summed E-state index contributed by atoms with van der Waals surface area (Å²) in [6, 6.07) is 13.9. The monoisotopic (exact) mass is 265 g/mol. The van der Waals surface area contributed by atoms with Crippen LogP contribution in [0.5, 0.6) is 5.75 Å². The van der Waals surface area contributed by atoms with E-state index < -0.39 is 10.1 Å². The molecule has 2 aromatic rings. The number of hydrogen-bond donors (Lipinski definition) is 1. The summed E-state index contributed by atoms with van der Waals surface area (Å²) in [5.74, 6) is 0.253.